The van der Waals surface area contributed by atoms with Crippen molar-refractivity contribution >= 4 is 17.4 Å². The van der Waals surface area contributed by atoms with Crippen molar-refractivity contribution in [1.82, 2.24) is 5.06 Å². The summed E-state index contributed by atoms with van der Waals surface area (Å²) in [5.74, 6) is 0.410. The Labute approximate surface area is 144 Å². The predicted molar refractivity (Wildman–Crippen MR) is 94.3 cm³/mol. The van der Waals surface area contributed by atoms with Gasteiger partial charge in [-0.05, 0) is 48.6 Å². The number of ketones is 1. The first-order valence-corrected chi connectivity index (χ1v) is 8.43. The molecule has 1 heterocycles. The van der Waals surface area contributed by atoms with Crippen molar-refractivity contribution in [2.45, 2.75) is 53.7 Å². The van der Waals surface area contributed by atoms with E-state index < -0.39 is 0 Å². The third kappa shape index (κ3) is 3.96. The molecular formula is C19H26ClNO2. The van der Waals surface area contributed by atoms with E-state index in [0.717, 1.165) is 5.70 Å². The summed E-state index contributed by atoms with van der Waals surface area (Å²) in [6.07, 6.45) is 2.11. The molecule has 0 spiro atoms. The van der Waals surface area contributed by atoms with Crippen LogP contribution in [0.5, 0.6) is 0 Å². The number of carbonyl (C=O) groups excluding carboxylic acids is 1. The number of benzene rings is 1. The van der Waals surface area contributed by atoms with Crippen molar-refractivity contribution in [2.24, 2.45) is 11.3 Å². The number of carbonyl (C=O) groups is 1. The van der Waals surface area contributed by atoms with Gasteiger partial charge in [-0.3, -0.25) is 9.63 Å². The normalized spacial score (nSPS) is 19.9. The predicted octanol–water partition coefficient (Wildman–Crippen LogP) is 5.11. The van der Waals surface area contributed by atoms with Crippen LogP contribution in [0.15, 0.2) is 36.0 Å². The monoisotopic (exact) mass is 335 g/mol. The first-order valence-electron chi connectivity index (χ1n) is 8.05. The molecule has 4 heteroatoms. The molecule has 1 aromatic rings. The Morgan fingerprint density at radius 1 is 1.22 bits per heavy atom. The van der Waals surface area contributed by atoms with Gasteiger partial charge in [-0.15, -0.1) is 0 Å². The molecule has 1 aliphatic rings. The molecule has 0 aromatic heterocycles. The van der Waals surface area contributed by atoms with Crippen molar-refractivity contribution in [3.8, 4) is 0 Å². The van der Waals surface area contributed by atoms with Crippen LogP contribution in [-0.2, 0) is 4.84 Å². The molecule has 1 aromatic carbocycles. The van der Waals surface area contributed by atoms with E-state index in [1.165, 1.54) is 0 Å². The van der Waals surface area contributed by atoms with Crippen LogP contribution >= 0.6 is 11.6 Å². The average molecular weight is 336 g/mol. The summed E-state index contributed by atoms with van der Waals surface area (Å²) in [6.45, 7) is 12.4. The first kappa shape index (κ1) is 18.0. The largest absolute Gasteiger partial charge is 0.292 e. The molecule has 0 N–H and O–H groups in total. The van der Waals surface area contributed by atoms with Crippen molar-refractivity contribution in [3.05, 3.63) is 46.6 Å². The van der Waals surface area contributed by atoms with Crippen molar-refractivity contribution < 1.29 is 9.63 Å². The van der Waals surface area contributed by atoms with Gasteiger partial charge in [-0.1, -0.05) is 46.2 Å². The van der Waals surface area contributed by atoms with Gasteiger partial charge in [0.1, 0.15) is 12.1 Å². The molecule has 0 fully saturated rings. The Bertz CT molecular complexity index is 599. The number of allylic oxidation sites excluding steroid dienone is 1. The zero-order chi connectivity index (χ0) is 17.4. The Kier molecular flexibility index (Phi) is 5.22. The van der Waals surface area contributed by atoms with Gasteiger partial charge < -0.3 is 0 Å². The second-order valence-electron chi connectivity index (χ2n) is 7.59. The third-order valence-electron chi connectivity index (χ3n) is 4.08. The topological polar surface area (TPSA) is 29.5 Å². The number of hydroxylamine groups is 2. The van der Waals surface area contributed by atoms with Gasteiger partial charge in [0.15, 0.2) is 5.78 Å². The highest BCUT2D eigenvalue weighted by atomic mass is 35.5. The fraction of sp³-hybridized carbons (Fsp3) is 0.526. The molecule has 0 saturated heterocycles. The molecule has 1 aliphatic heterocycles. The second kappa shape index (κ2) is 6.66. The van der Waals surface area contributed by atoms with Gasteiger partial charge in [0.25, 0.3) is 0 Å². The summed E-state index contributed by atoms with van der Waals surface area (Å²) >= 11 is 5.93. The fourth-order valence-corrected chi connectivity index (χ4v) is 2.88. The Morgan fingerprint density at radius 3 is 2.22 bits per heavy atom. The number of rotatable bonds is 4. The maximum Gasteiger partial charge on any atom is 0.188 e. The summed E-state index contributed by atoms with van der Waals surface area (Å²) in [5.41, 5.74) is 1.38. The molecule has 0 aliphatic carbocycles. The molecule has 3 nitrogen and oxygen atoms in total. The van der Waals surface area contributed by atoms with Crippen LogP contribution in [0, 0.1) is 11.3 Å². The van der Waals surface area contributed by atoms with Crippen LogP contribution in [-0.4, -0.2) is 23.0 Å². The van der Waals surface area contributed by atoms with Crippen molar-refractivity contribution in [3.63, 3.8) is 0 Å². The second-order valence-corrected chi connectivity index (χ2v) is 8.02. The standard InChI is InChI=1S/C19H26ClNO2/c1-12(2)16-11-13(3)21(23-16)18(19(4,5)6)17(22)14-7-9-15(20)10-8-14/h7-12,16,18H,1-6H3. The summed E-state index contributed by atoms with van der Waals surface area (Å²) < 4.78 is 0. The molecule has 2 atom stereocenters. The van der Waals surface area contributed by atoms with Crippen LogP contribution in [0.4, 0.5) is 0 Å². The Hall–Kier alpha value is -1.32. The quantitative estimate of drug-likeness (QED) is 0.716. The summed E-state index contributed by atoms with van der Waals surface area (Å²) in [6, 6.07) is 6.66. The molecular weight excluding hydrogens is 310 g/mol. The molecule has 126 valence electrons. The molecule has 2 rings (SSSR count). The van der Waals surface area contributed by atoms with E-state index in [-0.39, 0.29) is 23.3 Å². The zero-order valence-electron chi connectivity index (χ0n) is 14.8. The van der Waals surface area contributed by atoms with Crippen LogP contribution in [0.25, 0.3) is 0 Å². The number of nitrogens with zero attached hydrogens (tertiary/aromatic N) is 1. The van der Waals surface area contributed by atoms with Gasteiger partial charge in [0.2, 0.25) is 0 Å². The van der Waals surface area contributed by atoms with E-state index >= 15 is 0 Å². The molecule has 0 bridgehead atoms. The molecule has 0 radical (unpaired) electrons. The minimum Gasteiger partial charge on any atom is -0.292 e. The Morgan fingerprint density at radius 2 is 1.78 bits per heavy atom. The van der Waals surface area contributed by atoms with E-state index in [1.54, 1.807) is 29.3 Å². The van der Waals surface area contributed by atoms with Crippen LogP contribution < -0.4 is 0 Å². The minimum atomic E-state index is -0.385. The van der Waals surface area contributed by atoms with Gasteiger partial charge >= 0.3 is 0 Å². The van der Waals surface area contributed by atoms with E-state index in [9.17, 15) is 4.79 Å². The lowest BCUT2D eigenvalue weighted by atomic mass is 9.81. The lowest BCUT2D eigenvalue weighted by molar-refractivity contribution is -0.180. The van der Waals surface area contributed by atoms with Gasteiger partial charge in [-0.2, -0.15) is 0 Å². The molecule has 23 heavy (non-hydrogen) atoms. The zero-order valence-corrected chi connectivity index (χ0v) is 15.5. The smallest absolute Gasteiger partial charge is 0.188 e. The highest BCUT2D eigenvalue weighted by molar-refractivity contribution is 6.30. The van der Waals surface area contributed by atoms with Crippen molar-refractivity contribution in [2.75, 3.05) is 0 Å². The summed E-state index contributed by atoms with van der Waals surface area (Å²) in [4.78, 5) is 19.2. The number of hydrogen-bond donors (Lipinski definition) is 0. The maximum atomic E-state index is 13.1. The van der Waals surface area contributed by atoms with Gasteiger partial charge in [-0.25, -0.2) is 5.06 Å². The summed E-state index contributed by atoms with van der Waals surface area (Å²) in [5, 5.41) is 2.42. The Balaban J connectivity index is 2.34. The highest BCUT2D eigenvalue weighted by Gasteiger charge is 2.41. The molecule has 0 saturated carbocycles. The lowest BCUT2D eigenvalue weighted by Gasteiger charge is -2.38. The summed E-state index contributed by atoms with van der Waals surface area (Å²) in [7, 11) is 0. The van der Waals surface area contributed by atoms with E-state index in [4.69, 9.17) is 16.4 Å². The third-order valence-corrected chi connectivity index (χ3v) is 4.33. The fourth-order valence-electron chi connectivity index (χ4n) is 2.76. The molecule has 0 amide bonds. The molecule has 2 unspecified atom stereocenters. The lowest BCUT2D eigenvalue weighted by Crippen LogP contribution is -2.48. The number of hydrogen-bond acceptors (Lipinski definition) is 3. The first-order chi connectivity index (χ1) is 10.6. The van der Waals surface area contributed by atoms with Gasteiger partial charge in [0, 0.05) is 16.3 Å². The van der Waals surface area contributed by atoms with Crippen LogP contribution in [0.2, 0.25) is 5.02 Å². The number of Topliss-reactive ketones (excluding diaryl/α,β-unsaturated/α-hetero) is 1. The van der Waals surface area contributed by atoms with E-state index in [1.807, 2.05) is 6.92 Å². The number of halogens is 1. The highest BCUT2D eigenvalue weighted by Crippen LogP contribution is 2.35. The van der Waals surface area contributed by atoms with E-state index in [0.29, 0.717) is 16.5 Å². The van der Waals surface area contributed by atoms with Crippen LogP contribution in [0.1, 0.15) is 51.9 Å². The van der Waals surface area contributed by atoms with Crippen LogP contribution in [0.3, 0.4) is 0 Å². The minimum absolute atomic E-state index is 0.0119. The van der Waals surface area contributed by atoms with Gasteiger partial charge in [0.05, 0.1) is 0 Å². The average Bonchev–Trinajstić information content (AvgIpc) is 2.80. The maximum absolute atomic E-state index is 13.1. The van der Waals surface area contributed by atoms with E-state index in [2.05, 4.69) is 40.7 Å². The SMILES string of the molecule is CC1=CC(C(C)C)ON1C(C(=O)c1ccc(Cl)cc1)C(C)(C)C. The van der Waals surface area contributed by atoms with Crippen molar-refractivity contribution in [1.29, 1.82) is 0 Å².